The summed E-state index contributed by atoms with van der Waals surface area (Å²) in [4.78, 5) is 17.5. The van der Waals surface area contributed by atoms with E-state index in [1.165, 1.54) is 0 Å². The molecule has 1 unspecified atom stereocenters. The van der Waals surface area contributed by atoms with Crippen LogP contribution in [0.2, 0.25) is 0 Å². The van der Waals surface area contributed by atoms with E-state index in [9.17, 15) is 4.79 Å². The van der Waals surface area contributed by atoms with Crippen LogP contribution in [0.5, 0.6) is 0 Å². The third kappa shape index (κ3) is 3.80. The van der Waals surface area contributed by atoms with Crippen LogP contribution in [0, 0.1) is 0 Å². The Hall–Kier alpha value is -1.66. The first-order valence-electron chi connectivity index (χ1n) is 9.07. The number of fused-ring (bicyclic) bond motifs is 1. The zero-order valence-electron chi connectivity index (χ0n) is 14.5. The summed E-state index contributed by atoms with van der Waals surface area (Å²) >= 11 is 0. The number of piperidine rings is 1. The molecule has 2 aromatic rings. The van der Waals surface area contributed by atoms with Gasteiger partial charge < -0.3 is 15.2 Å². The highest BCUT2D eigenvalue weighted by Gasteiger charge is 2.29. The molecule has 3 heterocycles. The van der Waals surface area contributed by atoms with E-state index in [1.54, 1.807) is 0 Å². The number of hydrogen-bond donors (Lipinski definition) is 2. The number of hydrogen-bond acceptors (Lipinski definition) is 5. The Morgan fingerprint density at radius 3 is 2.92 bits per heavy atom. The molecule has 0 radical (unpaired) electrons. The molecule has 1 aliphatic heterocycles. The Balaban J connectivity index is 0.00000182. The molecule has 2 aliphatic rings. The number of carbonyl (C=O) groups excluding carboxylic acids is 1. The summed E-state index contributed by atoms with van der Waals surface area (Å²) in [6, 6.07) is 2.15. The Morgan fingerprint density at radius 1 is 1.40 bits per heavy atom. The van der Waals surface area contributed by atoms with E-state index in [0.29, 0.717) is 17.2 Å². The highest BCUT2D eigenvalue weighted by atomic mass is 35.5. The molecule has 0 aromatic carbocycles. The zero-order chi connectivity index (χ0) is 16.5. The average molecular weight is 365 g/mol. The second kappa shape index (κ2) is 7.70. The largest absolute Gasteiger partial charge is 0.348 e. The van der Waals surface area contributed by atoms with Crippen LogP contribution in [0.15, 0.2) is 10.6 Å². The third-order valence-electron chi connectivity index (χ3n) is 4.90. The SMILES string of the molecule is CCCc1noc2nc(C3CC3)cc(C(=O)NC3CCCNC3)c12.Cl. The molecule has 136 valence electrons. The minimum absolute atomic E-state index is 0. The molecule has 25 heavy (non-hydrogen) atoms. The first-order chi connectivity index (χ1) is 11.8. The quantitative estimate of drug-likeness (QED) is 0.852. The lowest BCUT2D eigenvalue weighted by atomic mass is 10.0. The normalized spacial score (nSPS) is 20.3. The van der Waals surface area contributed by atoms with Crippen molar-refractivity contribution in [2.24, 2.45) is 0 Å². The first-order valence-corrected chi connectivity index (χ1v) is 9.07. The van der Waals surface area contributed by atoms with Crippen molar-refractivity contribution in [2.75, 3.05) is 13.1 Å². The lowest BCUT2D eigenvalue weighted by Crippen LogP contribution is -2.45. The van der Waals surface area contributed by atoms with Gasteiger partial charge in [-0.25, -0.2) is 4.98 Å². The number of aromatic nitrogens is 2. The van der Waals surface area contributed by atoms with E-state index in [2.05, 4.69) is 27.7 Å². The monoisotopic (exact) mass is 364 g/mol. The third-order valence-corrected chi connectivity index (χ3v) is 4.90. The number of amides is 1. The molecule has 2 aromatic heterocycles. The second-order valence-corrected chi connectivity index (χ2v) is 6.95. The number of aryl methyl sites for hydroxylation is 1. The van der Waals surface area contributed by atoms with E-state index < -0.39 is 0 Å². The fraction of sp³-hybridized carbons (Fsp3) is 0.611. The van der Waals surface area contributed by atoms with Crippen molar-refractivity contribution in [3.8, 4) is 0 Å². The first kappa shape index (κ1) is 18.1. The molecular weight excluding hydrogens is 340 g/mol. The number of nitrogens with one attached hydrogen (secondary N) is 2. The number of nitrogens with zero attached hydrogens (tertiary/aromatic N) is 2. The van der Waals surface area contributed by atoms with Crippen molar-refractivity contribution < 1.29 is 9.32 Å². The predicted octanol–water partition coefficient (Wildman–Crippen LogP) is 2.96. The molecule has 1 atom stereocenters. The van der Waals surface area contributed by atoms with Crippen molar-refractivity contribution in [2.45, 2.75) is 57.4 Å². The van der Waals surface area contributed by atoms with Gasteiger partial charge in [-0.05, 0) is 44.7 Å². The molecule has 7 heteroatoms. The minimum atomic E-state index is -0.0291. The van der Waals surface area contributed by atoms with Gasteiger partial charge in [-0.3, -0.25) is 4.79 Å². The van der Waals surface area contributed by atoms with Gasteiger partial charge in [-0.1, -0.05) is 18.5 Å². The standard InChI is InChI=1S/C18H24N4O2.ClH/c1-2-4-14-16-13(17(23)20-12-5-3-8-19-10-12)9-15(11-6-7-11)21-18(16)24-22-14;/h9,11-12,19H,2-8,10H2,1H3,(H,20,23);1H. The smallest absolute Gasteiger partial charge is 0.259 e. The van der Waals surface area contributed by atoms with Crippen LogP contribution < -0.4 is 10.6 Å². The van der Waals surface area contributed by atoms with Crippen molar-refractivity contribution in [1.29, 1.82) is 0 Å². The number of halogens is 1. The second-order valence-electron chi connectivity index (χ2n) is 6.95. The van der Waals surface area contributed by atoms with Crippen molar-refractivity contribution in [1.82, 2.24) is 20.8 Å². The molecule has 2 N–H and O–H groups in total. The molecule has 1 aliphatic carbocycles. The molecule has 6 nitrogen and oxygen atoms in total. The van der Waals surface area contributed by atoms with Gasteiger partial charge in [-0.2, -0.15) is 0 Å². The van der Waals surface area contributed by atoms with Crippen LogP contribution in [0.25, 0.3) is 11.1 Å². The Bertz CT molecular complexity index is 751. The summed E-state index contributed by atoms with van der Waals surface area (Å²) in [6.07, 6.45) is 6.15. The number of carbonyl (C=O) groups is 1. The van der Waals surface area contributed by atoms with Crippen LogP contribution in [0.3, 0.4) is 0 Å². The lowest BCUT2D eigenvalue weighted by molar-refractivity contribution is 0.0932. The van der Waals surface area contributed by atoms with E-state index in [4.69, 9.17) is 4.52 Å². The Labute approximate surface area is 153 Å². The van der Waals surface area contributed by atoms with Crippen LogP contribution in [-0.2, 0) is 6.42 Å². The van der Waals surface area contributed by atoms with E-state index in [0.717, 1.165) is 68.4 Å². The lowest BCUT2D eigenvalue weighted by Gasteiger charge is -2.24. The van der Waals surface area contributed by atoms with Gasteiger partial charge in [0.1, 0.15) is 0 Å². The van der Waals surface area contributed by atoms with Gasteiger partial charge >= 0.3 is 0 Å². The Kier molecular flexibility index (Phi) is 5.59. The molecular formula is C18H25ClN4O2. The summed E-state index contributed by atoms with van der Waals surface area (Å²) < 4.78 is 5.45. The van der Waals surface area contributed by atoms with Gasteiger partial charge in [0.15, 0.2) is 0 Å². The molecule has 1 saturated carbocycles. The fourth-order valence-electron chi connectivity index (χ4n) is 3.44. The van der Waals surface area contributed by atoms with Gasteiger partial charge in [0.05, 0.1) is 16.6 Å². The van der Waals surface area contributed by atoms with Crippen LogP contribution in [-0.4, -0.2) is 35.2 Å². The van der Waals surface area contributed by atoms with Crippen LogP contribution in [0.1, 0.15) is 66.7 Å². The maximum Gasteiger partial charge on any atom is 0.259 e. The number of pyridine rings is 1. The van der Waals surface area contributed by atoms with Crippen molar-refractivity contribution in [3.63, 3.8) is 0 Å². The van der Waals surface area contributed by atoms with Gasteiger partial charge in [0.25, 0.3) is 11.6 Å². The molecule has 0 spiro atoms. The van der Waals surface area contributed by atoms with Gasteiger partial charge in [0, 0.05) is 24.2 Å². The maximum absolute atomic E-state index is 12.9. The molecule has 1 amide bonds. The molecule has 1 saturated heterocycles. The minimum Gasteiger partial charge on any atom is -0.348 e. The van der Waals surface area contributed by atoms with Crippen molar-refractivity contribution >= 4 is 29.4 Å². The molecule has 4 rings (SSSR count). The predicted molar refractivity (Wildman–Crippen MR) is 98.4 cm³/mol. The van der Waals surface area contributed by atoms with Crippen LogP contribution in [0.4, 0.5) is 0 Å². The maximum atomic E-state index is 12.9. The highest BCUT2D eigenvalue weighted by molar-refractivity contribution is 6.06. The van der Waals surface area contributed by atoms with E-state index in [-0.39, 0.29) is 24.4 Å². The summed E-state index contributed by atoms with van der Waals surface area (Å²) in [6.45, 7) is 3.96. The number of rotatable bonds is 5. The van der Waals surface area contributed by atoms with Gasteiger partial charge in [-0.15, -0.1) is 12.4 Å². The van der Waals surface area contributed by atoms with Crippen molar-refractivity contribution in [3.05, 3.63) is 23.0 Å². The topological polar surface area (TPSA) is 80.0 Å². The van der Waals surface area contributed by atoms with Crippen LogP contribution >= 0.6 is 12.4 Å². The summed E-state index contributed by atoms with van der Waals surface area (Å²) in [7, 11) is 0. The Morgan fingerprint density at radius 2 is 2.24 bits per heavy atom. The summed E-state index contributed by atoms with van der Waals surface area (Å²) in [5.41, 5.74) is 3.00. The van der Waals surface area contributed by atoms with E-state index >= 15 is 0 Å². The summed E-state index contributed by atoms with van der Waals surface area (Å²) in [5, 5.41) is 11.5. The molecule has 0 bridgehead atoms. The summed E-state index contributed by atoms with van der Waals surface area (Å²) in [5.74, 6) is 0.440. The molecule has 2 fully saturated rings. The fourth-order valence-corrected chi connectivity index (χ4v) is 3.44. The zero-order valence-corrected chi connectivity index (χ0v) is 15.3. The highest BCUT2D eigenvalue weighted by Crippen LogP contribution is 2.40. The average Bonchev–Trinajstić information content (AvgIpc) is 3.38. The van der Waals surface area contributed by atoms with Gasteiger partial charge in [0.2, 0.25) is 0 Å². The van der Waals surface area contributed by atoms with E-state index in [1.807, 2.05) is 6.07 Å².